The second kappa shape index (κ2) is 10.2. The van der Waals surface area contributed by atoms with Gasteiger partial charge in [-0.2, -0.15) is 0 Å². The number of aryl methyl sites for hydroxylation is 2. The van der Waals surface area contributed by atoms with Crippen LogP contribution in [0.5, 0.6) is 0 Å². The molecule has 8 nitrogen and oxygen atoms in total. The highest BCUT2D eigenvalue weighted by atomic mass is 19.1. The van der Waals surface area contributed by atoms with E-state index in [0.717, 1.165) is 11.2 Å². The van der Waals surface area contributed by atoms with Crippen LogP contribution in [0, 0.1) is 19.7 Å². The normalized spacial score (nSPS) is 14.7. The smallest absolute Gasteiger partial charge is 0.407 e. The number of anilines is 1. The van der Waals surface area contributed by atoms with Crippen molar-refractivity contribution in [3.63, 3.8) is 0 Å². The van der Waals surface area contributed by atoms with Crippen LogP contribution in [0.2, 0.25) is 0 Å². The van der Waals surface area contributed by atoms with Gasteiger partial charge in [0.15, 0.2) is 0 Å². The molecule has 192 valence electrons. The number of piperidine rings is 1. The molecular weight excluding hydrogens is 461 g/mol. The van der Waals surface area contributed by atoms with E-state index in [2.05, 4.69) is 15.6 Å². The molecule has 9 heteroatoms. The van der Waals surface area contributed by atoms with Gasteiger partial charge < -0.3 is 20.3 Å². The molecule has 1 aliphatic heterocycles. The van der Waals surface area contributed by atoms with Gasteiger partial charge in [-0.15, -0.1) is 0 Å². The van der Waals surface area contributed by atoms with Crippen LogP contribution in [0.15, 0.2) is 36.5 Å². The summed E-state index contributed by atoms with van der Waals surface area (Å²) in [4.78, 5) is 31.3. The fourth-order valence-electron chi connectivity index (χ4n) is 4.46. The number of pyridine rings is 1. The number of fused-ring (bicyclic) bond motifs is 1. The number of nitrogens with one attached hydrogen (secondary N) is 2. The number of carbonyl (C=O) groups excluding carboxylic acids is 2. The molecule has 1 aliphatic rings. The summed E-state index contributed by atoms with van der Waals surface area (Å²) in [6.07, 6.45) is 2.82. The highest BCUT2D eigenvalue weighted by Gasteiger charge is 2.25. The Morgan fingerprint density at radius 2 is 1.86 bits per heavy atom. The van der Waals surface area contributed by atoms with Crippen LogP contribution in [0.3, 0.4) is 0 Å². The molecule has 1 saturated heterocycles. The zero-order valence-corrected chi connectivity index (χ0v) is 21.5. The standard InChI is InChI=1S/C27H34FN5O3/c1-17-8-13-33-23(14-17)30-18(2)24(33)25(34)29-16-19-6-7-22(21(28)15-19)32-11-9-20(10-12-32)31-26(35)36-27(3,4)5/h6-8,13-15,20H,9-12,16H2,1-5H3,(H,29,34)(H,31,35). The minimum Gasteiger partial charge on any atom is -0.444 e. The highest BCUT2D eigenvalue weighted by molar-refractivity contribution is 5.94. The number of amides is 2. The van der Waals surface area contributed by atoms with E-state index in [9.17, 15) is 14.0 Å². The van der Waals surface area contributed by atoms with Gasteiger partial charge in [0.05, 0.1) is 11.4 Å². The average Bonchev–Trinajstić information content (AvgIpc) is 3.11. The van der Waals surface area contributed by atoms with Crippen LogP contribution in [0.4, 0.5) is 14.9 Å². The Balaban J connectivity index is 1.33. The van der Waals surface area contributed by atoms with Gasteiger partial charge in [0.25, 0.3) is 5.91 Å². The molecule has 0 spiro atoms. The fraction of sp³-hybridized carbons (Fsp3) is 0.444. The first kappa shape index (κ1) is 25.5. The summed E-state index contributed by atoms with van der Waals surface area (Å²) in [7, 11) is 0. The highest BCUT2D eigenvalue weighted by Crippen LogP contribution is 2.25. The number of halogens is 1. The Kier molecular flexibility index (Phi) is 7.19. The van der Waals surface area contributed by atoms with Gasteiger partial charge in [0.1, 0.15) is 22.8 Å². The van der Waals surface area contributed by atoms with Crippen molar-refractivity contribution in [1.29, 1.82) is 0 Å². The van der Waals surface area contributed by atoms with Crippen molar-refractivity contribution in [2.75, 3.05) is 18.0 Å². The molecule has 0 bridgehead atoms. The minimum absolute atomic E-state index is 0.000598. The molecular formula is C27H34FN5O3. The zero-order valence-electron chi connectivity index (χ0n) is 21.5. The summed E-state index contributed by atoms with van der Waals surface area (Å²) in [6.45, 7) is 10.7. The molecule has 4 rings (SSSR count). The number of aromatic nitrogens is 2. The molecule has 3 heterocycles. The maximum Gasteiger partial charge on any atom is 0.407 e. The number of rotatable bonds is 5. The first-order valence-corrected chi connectivity index (χ1v) is 12.3. The average molecular weight is 496 g/mol. The Morgan fingerprint density at radius 3 is 2.53 bits per heavy atom. The van der Waals surface area contributed by atoms with Gasteiger partial charge in [-0.1, -0.05) is 6.07 Å². The summed E-state index contributed by atoms with van der Waals surface area (Å²) >= 11 is 0. The molecule has 0 saturated carbocycles. The van der Waals surface area contributed by atoms with Crippen LogP contribution < -0.4 is 15.5 Å². The van der Waals surface area contributed by atoms with E-state index in [-0.39, 0.29) is 24.3 Å². The first-order valence-electron chi connectivity index (χ1n) is 12.3. The molecule has 2 N–H and O–H groups in total. The zero-order chi connectivity index (χ0) is 26.0. The second-order valence-electron chi connectivity index (χ2n) is 10.4. The Labute approximate surface area is 210 Å². The summed E-state index contributed by atoms with van der Waals surface area (Å²) in [5.74, 6) is -0.588. The second-order valence-corrected chi connectivity index (χ2v) is 10.4. The van der Waals surface area contributed by atoms with E-state index in [1.54, 1.807) is 17.4 Å². The summed E-state index contributed by atoms with van der Waals surface area (Å²) < 4.78 is 22.1. The third-order valence-corrected chi connectivity index (χ3v) is 6.19. The molecule has 2 aromatic heterocycles. The molecule has 0 atom stereocenters. The summed E-state index contributed by atoms with van der Waals surface area (Å²) in [6, 6.07) is 8.89. The maximum absolute atomic E-state index is 15.0. The maximum atomic E-state index is 15.0. The predicted molar refractivity (Wildman–Crippen MR) is 137 cm³/mol. The number of nitrogens with zero attached hydrogens (tertiary/aromatic N) is 3. The van der Waals surface area contributed by atoms with Crippen molar-refractivity contribution in [2.45, 2.75) is 65.6 Å². The third kappa shape index (κ3) is 5.95. The lowest BCUT2D eigenvalue weighted by Gasteiger charge is -2.34. The summed E-state index contributed by atoms with van der Waals surface area (Å²) in [5.41, 5.74) is 3.56. The van der Waals surface area contributed by atoms with E-state index in [4.69, 9.17) is 4.74 Å². The largest absolute Gasteiger partial charge is 0.444 e. The number of ether oxygens (including phenoxy) is 1. The first-order chi connectivity index (χ1) is 17.0. The number of carbonyl (C=O) groups is 2. The van der Waals surface area contributed by atoms with Gasteiger partial charge in [0, 0.05) is 31.9 Å². The van der Waals surface area contributed by atoms with Gasteiger partial charge >= 0.3 is 6.09 Å². The third-order valence-electron chi connectivity index (χ3n) is 6.19. The molecule has 2 amide bonds. The van der Waals surface area contributed by atoms with Crippen LogP contribution >= 0.6 is 0 Å². The lowest BCUT2D eigenvalue weighted by Crippen LogP contribution is -2.46. The van der Waals surface area contributed by atoms with E-state index in [1.165, 1.54) is 6.07 Å². The van der Waals surface area contributed by atoms with E-state index < -0.39 is 11.7 Å². The Bertz CT molecular complexity index is 1270. The molecule has 36 heavy (non-hydrogen) atoms. The monoisotopic (exact) mass is 495 g/mol. The van der Waals surface area contributed by atoms with Crippen LogP contribution in [0.25, 0.3) is 5.65 Å². The van der Waals surface area contributed by atoms with Gasteiger partial charge in [-0.05, 0) is 82.9 Å². The number of imidazole rings is 1. The van der Waals surface area contributed by atoms with E-state index in [0.29, 0.717) is 48.6 Å². The van der Waals surface area contributed by atoms with E-state index >= 15 is 0 Å². The van der Waals surface area contributed by atoms with E-state index in [1.807, 2.05) is 57.0 Å². The van der Waals surface area contributed by atoms with Crippen molar-refractivity contribution in [1.82, 2.24) is 20.0 Å². The topological polar surface area (TPSA) is 88.0 Å². The quantitative estimate of drug-likeness (QED) is 0.544. The van der Waals surface area contributed by atoms with Crippen molar-refractivity contribution < 1.29 is 18.7 Å². The number of hydrogen-bond acceptors (Lipinski definition) is 5. The van der Waals surface area contributed by atoms with Crippen LogP contribution in [-0.4, -0.2) is 46.1 Å². The van der Waals surface area contributed by atoms with Gasteiger partial charge in [-0.3, -0.25) is 9.20 Å². The lowest BCUT2D eigenvalue weighted by atomic mass is 10.0. The molecule has 1 fully saturated rings. The Hall–Kier alpha value is -3.62. The molecule has 0 radical (unpaired) electrons. The number of benzene rings is 1. The number of alkyl carbamates (subject to hydrolysis) is 1. The SMILES string of the molecule is Cc1ccn2c(C(=O)NCc3ccc(N4CCC(NC(=O)OC(C)(C)C)CC4)c(F)c3)c(C)nc2c1. The van der Waals surface area contributed by atoms with Crippen LogP contribution in [-0.2, 0) is 11.3 Å². The van der Waals surface area contributed by atoms with Crippen molar-refractivity contribution in [2.24, 2.45) is 0 Å². The molecule has 3 aromatic rings. The molecule has 0 unspecified atom stereocenters. The minimum atomic E-state index is -0.542. The van der Waals surface area contributed by atoms with Gasteiger partial charge in [-0.25, -0.2) is 14.2 Å². The lowest BCUT2D eigenvalue weighted by molar-refractivity contribution is 0.0497. The van der Waals surface area contributed by atoms with Crippen molar-refractivity contribution in [3.05, 3.63) is 64.9 Å². The predicted octanol–water partition coefficient (Wildman–Crippen LogP) is 4.51. The van der Waals surface area contributed by atoms with Gasteiger partial charge in [0.2, 0.25) is 0 Å². The molecule has 1 aromatic carbocycles. The van der Waals surface area contributed by atoms with Crippen molar-refractivity contribution in [3.8, 4) is 0 Å². The fourth-order valence-corrected chi connectivity index (χ4v) is 4.46. The van der Waals surface area contributed by atoms with Crippen molar-refractivity contribution >= 4 is 23.3 Å². The van der Waals surface area contributed by atoms with Crippen LogP contribution in [0.1, 0.15) is 60.9 Å². The Morgan fingerprint density at radius 1 is 1.14 bits per heavy atom. The summed E-state index contributed by atoms with van der Waals surface area (Å²) in [5, 5.41) is 5.78. The number of hydrogen-bond donors (Lipinski definition) is 2. The molecule has 0 aliphatic carbocycles.